The average molecular weight is 176 g/mol. The Labute approximate surface area is 74.5 Å². The van der Waals surface area contributed by atoms with Crippen molar-refractivity contribution in [2.75, 3.05) is 0 Å². The molecule has 59 valence electrons. The van der Waals surface area contributed by atoms with Crippen LogP contribution in [0.25, 0.3) is 0 Å². The highest BCUT2D eigenvalue weighted by molar-refractivity contribution is 7.10. The number of para-hydroxylation sites is 1. The summed E-state index contributed by atoms with van der Waals surface area (Å²) in [6.45, 7) is 0. The van der Waals surface area contributed by atoms with Crippen LogP contribution in [0.4, 0.5) is 0 Å². The molecule has 0 saturated carbocycles. The summed E-state index contributed by atoms with van der Waals surface area (Å²) in [6.07, 6.45) is 1.60. The molecule has 1 aromatic carbocycles. The first-order valence-corrected chi connectivity index (χ1v) is 4.31. The second-order valence-corrected chi connectivity index (χ2v) is 2.95. The van der Waals surface area contributed by atoms with Crippen LogP contribution in [0, 0.1) is 5.38 Å². The normalized spacial score (nSPS) is 9.67. The molecule has 0 unspecified atom stereocenters. The van der Waals surface area contributed by atoms with Gasteiger partial charge < -0.3 is 4.74 Å². The zero-order chi connectivity index (χ0) is 8.23. The number of thiazole rings is 1. The van der Waals surface area contributed by atoms with E-state index in [1.165, 1.54) is 11.3 Å². The fraction of sp³-hybridized carbons (Fsp3) is 0. The van der Waals surface area contributed by atoms with Gasteiger partial charge in [-0.05, 0) is 12.1 Å². The largest absolute Gasteiger partial charge is 0.431 e. The predicted molar refractivity (Wildman–Crippen MR) is 47.5 cm³/mol. The molecule has 0 spiro atoms. The molecule has 0 atom stereocenters. The van der Waals surface area contributed by atoms with E-state index in [0.29, 0.717) is 5.19 Å². The second kappa shape index (κ2) is 3.36. The monoisotopic (exact) mass is 176 g/mol. The van der Waals surface area contributed by atoms with Crippen LogP contribution in [0.5, 0.6) is 10.9 Å². The van der Waals surface area contributed by atoms with Crippen LogP contribution in [-0.4, -0.2) is 4.98 Å². The Balaban J connectivity index is 2.15. The van der Waals surface area contributed by atoms with Gasteiger partial charge in [0.1, 0.15) is 5.75 Å². The van der Waals surface area contributed by atoms with Gasteiger partial charge in [-0.1, -0.05) is 29.5 Å². The molecule has 0 aliphatic rings. The first-order chi connectivity index (χ1) is 5.95. The maximum atomic E-state index is 5.39. The Morgan fingerprint density at radius 2 is 2.08 bits per heavy atom. The lowest BCUT2D eigenvalue weighted by molar-refractivity contribution is 0.479. The zero-order valence-electron chi connectivity index (χ0n) is 6.23. The van der Waals surface area contributed by atoms with Gasteiger partial charge in [-0.2, -0.15) is 0 Å². The maximum Gasteiger partial charge on any atom is 0.279 e. The smallest absolute Gasteiger partial charge is 0.279 e. The minimum absolute atomic E-state index is 0.626. The fourth-order valence-electron chi connectivity index (χ4n) is 0.819. The Morgan fingerprint density at radius 1 is 1.25 bits per heavy atom. The van der Waals surface area contributed by atoms with Gasteiger partial charge >= 0.3 is 0 Å². The third kappa shape index (κ3) is 1.62. The quantitative estimate of drug-likeness (QED) is 0.701. The van der Waals surface area contributed by atoms with Crippen molar-refractivity contribution in [2.24, 2.45) is 0 Å². The van der Waals surface area contributed by atoms with E-state index in [-0.39, 0.29) is 0 Å². The van der Waals surface area contributed by atoms with Crippen LogP contribution in [0.1, 0.15) is 0 Å². The van der Waals surface area contributed by atoms with Crippen molar-refractivity contribution in [1.82, 2.24) is 4.98 Å². The summed E-state index contributed by atoms with van der Waals surface area (Å²) < 4.78 is 5.39. The Morgan fingerprint density at radius 3 is 2.75 bits per heavy atom. The van der Waals surface area contributed by atoms with E-state index >= 15 is 0 Å². The van der Waals surface area contributed by atoms with Gasteiger partial charge in [0.25, 0.3) is 5.19 Å². The number of hydrogen-bond donors (Lipinski definition) is 0. The molecule has 1 aromatic heterocycles. The van der Waals surface area contributed by atoms with Crippen LogP contribution in [0.15, 0.2) is 36.5 Å². The molecule has 0 N–H and O–H groups in total. The minimum Gasteiger partial charge on any atom is -0.431 e. The van der Waals surface area contributed by atoms with Crippen LogP contribution in [0.3, 0.4) is 0 Å². The van der Waals surface area contributed by atoms with Crippen molar-refractivity contribution in [1.29, 1.82) is 0 Å². The van der Waals surface area contributed by atoms with Crippen LogP contribution in [0.2, 0.25) is 0 Å². The van der Waals surface area contributed by atoms with Gasteiger partial charge in [-0.15, -0.1) is 0 Å². The molecular weight excluding hydrogens is 170 g/mol. The standard InChI is InChI=1S/C9H6NOS/c1-2-4-8(5-3-1)11-9-10-6-7-12-9/h1-6H. The van der Waals surface area contributed by atoms with Gasteiger partial charge in [0.05, 0.1) is 11.6 Å². The fourth-order valence-corrected chi connectivity index (χ4v) is 1.27. The number of ether oxygens (including phenoxy) is 1. The molecule has 3 heteroatoms. The van der Waals surface area contributed by atoms with Crippen molar-refractivity contribution in [3.05, 3.63) is 41.9 Å². The highest BCUT2D eigenvalue weighted by Crippen LogP contribution is 2.21. The highest BCUT2D eigenvalue weighted by Gasteiger charge is 1.96. The summed E-state index contributed by atoms with van der Waals surface area (Å²) in [5.41, 5.74) is 0. The second-order valence-electron chi connectivity index (χ2n) is 2.16. The predicted octanol–water partition coefficient (Wildman–Crippen LogP) is 2.74. The van der Waals surface area contributed by atoms with Gasteiger partial charge in [-0.3, -0.25) is 0 Å². The molecule has 0 aliphatic heterocycles. The average Bonchev–Trinajstić information content (AvgIpc) is 2.59. The highest BCUT2D eigenvalue weighted by atomic mass is 32.1. The summed E-state index contributed by atoms with van der Waals surface area (Å²) in [4.78, 5) is 3.95. The SMILES string of the molecule is [c]1cnc(Oc2ccccc2)s1. The van der Waals surface area contributed by atoms with E-state index in [4.69, 9.17) is 4.74 Å². The molecule has 0 bridgehead atoms. The third-order valence-electron chi connectivity index (χ3n) is 1.32. The van der Waals surface area contributed by atoms with Crippen molar-refractivity contribution >= 4 is 11.3 Å². The number of hydrogen-bond acceptors (Lipinski definition) is 3. The molecule has 1 heterocycles. The van der Waals surface area contributed by atoms with Crippen LogP contribution in [-0.2, 0) is 0 Å². The van der Waals surface area contributed by atoms with E-state index < -0.39 is 0 Å². The van der Waals surface area contributed by atoms with Gasteiger partial charge in [-0.25, -0.2) is 4.98 Å². The molecule has 2 rings (SSSR count). The molecular formula is C9H6NOS. The summed E-state index contributed by atoms with van der Waals surface area (Å²) in [6, 6.07) is 9.57. The molecule has 12 heavy (non-hydrogen) atoms. The summed E-state index contributed by atoms with van der Waals surface area (Å²) in [5, 5.41) is 3.48. The first kappa shape index (κ1) is 7.31. The number of nitrogens with zero attached hydrogens (tertiary/aromatic N) is 1. The molecule has 0 aliphatic carbocycles. The molecule has 0 saturated heterocycles. The van der Waals surface area contributed by atoms with Crippen molar-refractivity contribution in [3.63, 3.8) is 0 Å². The summed E-state index contributed by atoms with van der Waals surface area (Å²) in [7, 11) is 0. The molecule has 2 aromatic rings. The van der Waals surface area contributed by atoms with E-state index in [0.717, 1.165) is 5.75 Å². The van der Waals surface area contributed by atoms with E-state index in [1.54, 1.807) is 6.20 Å². The number of benzene rings is 1. The van der Waals surface area contributed by atoms with Crippen LogP contribution >= 0.6 is 11.3 Å². The molecule has 0 fully saturated rings. The first-order valence-electron chi connectivity index (χ1n) is 3.50. The summed E-state index contributed by atoms with van der Waals surface area (Å²) >= 11 is 1.36. The van der Waals surface area contributed by atoms with Crippen molar-refractivity contribution in [2.45, 2.75) is 0 Å². The van der Waals surface area contributed by atoms with E-state index in [2.05, 4.69) is 10.4 Å². The molecule has 1 radical (unpaired) electrons. The minimum atomic E-state index is 0.626. The summed E-state index contributed by atoms with van der Waals surface area (Å²) in [5.74, 6) is 0.806. The zero-order valence-corrected chi connectivity index (χ0v) is 7.04. The van der Waals surface area contributed by atoms with E-state index in [9.17, 15) is 0 Å². The lowest BCUT2D eigenvalue weighted by Crippen LogP contribution is -1.80. The lowest BCUT2D eigenvalue weighted by Gasteiger charge is -1.98. The lowest BCUT2D eigenvalue weighted by atomic mass is 10.3. The van der Waals surface area contributed by atoms with E-state index in [1.807, 2.05) is 30.3 Å². The third-order valence-corrected chi connectivity index (χ3v) is 1.90. The number of rotatable bonds is 2. The Kier molecular flexibility index (Phi) is 2.05. The van der Waals surface area contributed by atoms with Crippen LogP contribution < -0.4 is 4.74 Å². The molecule has 0 amide bonds. The topological polar surface area (TPSA) is 22.1 Å². The van der Waals surface area contributed by atoms with Gasteiger partial charge in [0.2, 0.25) is 0 Å². The maximum absolute atomic E-state index is 5.39. The number of aromatic nitrogens is 1. The van der Waals surface area contributed by atoms with Crippen molar-refractivity contribution < 1.29 is 4.74 Å². The Hall–Kier alpha value is -1.35. The van der Waals surface area contributed by atoms with Gasteiger partial charge in [0, 0.05) is 0 Å². The van der Waals surface area contributed by atoms with Gasteiger partial charge in [0.15, 0.2) is 0 Å². The Bertz CT molecular complexity index is 331. The molecule has 2 nitrogen and oxygen atoms in total. The van der Waals surface area contributed by atoms with Crippen molar-refractivity contribution in [3.8, 4) is 10.9 Å².